The highest BCUT2D eigenvalue weighted by atomic mass is 19.4. The summed E-state index contributed by atoms with van der Waals surface area (Å²) < 4.78 is 37.2. The van der Waals surface area contributed by atoms with Crippen molar-refractivity contribution in [2.24, 2.45) is 5.73 Å². The smallest absolute Gasteiger partial charge is 0.362 e. The lowest BCUT2D eigenvalue weighted by Gasteiger charge is -2.25. The summed E-state index contributed by atoms with van der Waals surface area (Å²) in [5, 5.41) is 8.98. The van der Waals surface area contributed by atoms with E-state index < -0.39 is 12.7 Å². The fraction of sp³-hybridized carbons (Fsp3) is 0.417. The Hall–Kier alpha value is -1.74. The predicted octanol–water partition coefficient (Wildman–Crippen LogP) is 2.41. The minimum Gasteiger partial charge on any atom is -0.362 e. The van der Waals surface area contributed by atoms with Crippen LogP contribution in [0.5, 0.6) is 0 Å². The van der Waals surface area contributed by atoms with Gasteiger partial charge in [-0.15, -0.1) is 0 Å². The quantitative estimate of drug-likeness (QED) is 0.901. The third kappa shape index (κ3) is 3.64. The molecule has 1 aromatic carbocycles. The van der Waals surface area contributed by atoms with Crippen molar-refractivity contribution in [3.8, 4) is 6.07 Å². The minimum absolute atomic E-state index is 0.177. The van der Waals surface area contributed by atoms with Crippen LogP contribution in [0.2, 0.25) is 0 Å². The Morgan fingerprint density at radius 3 is 2.50 bits per heavy atom. The van der Waals surface area contributed by atoms with Crippen LogP contribution in [-0.2, 0) is 6.54 Å². The number of halogens is 3. The van der Waals surface area contributed by atoms with Crippen molar-refractivity contribution in [1.29, 1.82) is 5.26 Å². The summed E-state index contributed by atoms with van der Waals surface area (Å²) in [4.78, 5) is 1.12. The second kappa shape index (κ2) is 5.74. The van der Waals surface area contributed by atoms with E-state index in [9.17, 15) is 13.2 Å². The van der Waals surface area contributed by atoms with E-state index in [0.717, 1.165) is 10.5 Å². The van der Waals surface area contributed by atoms with Crippen molar-refractivity contribution in [3.63, 3.8) is 0 Å². The number of rotatable bonds is 4. The summed E-state index contributed by atoms with van der Waals surface area (Å²) in [6.45, 7) is 0.973. The summed E-state index contributed by atoms with van der Waals surface area (Å²) in [5.74, 6) is 0. The molecule has 3 nitrogen and oxygen atoms in total. The molecule has 98 valence electrons. The molecule has 6 heteroatoms. The molecule has 0 radical (unpaired) electrons. The number of nitriles is 1. The zero-order valence-electron chi connectivity index (χ0n) is 9.96. The van der Waals surface area contributed by atoms with Crippen LogP contribution in [0.25, 0.3) is 0 Å². The standard InChI is InChI=1S/C12H14F3N3/c1-2-18(8-12(13,14)15)11-4-3-9(6-16)5-10(11)7-17/h3-5H,2,6,8,16H2,1H3. The maximum absolute atomic E-state index is 12.4. The second-order valence-electron chi connectivity index (χ2n) is 3.80. The summed E-state index contributed by atoms with van der Waals surface area (Å²) >= 11 is 0. The van der Waals surface area contributed by atoms with E-state index in [2.05, 4.69) is 0 Å². The van der Waals surface area contributed by atoms with Crippen molar-refractivity contribution in [1.82, 2.24) is 0 Å². The molecule has 0 heterocycles. The van der Waals surface area contributed by atoms with Crippen LogP contribution in [0, 0.1) is 11.3 Å². The Morgan fingerprint density at radius 2 is 2.06 bits per heavy atom. The lowest BCUT2D eigenvalue weighted by molar-refractivity contribution is -0.119. The van der Waals surface area contributed by atoms with Crippen LogP contribution < -0.4 is 10.6 Å². The maximum atomic E-state index is 12.4. The lowest BCUT2D eigenvalue weighted by Crippen LogP contribution is -2.34. The molecule has 2 N–H and O–H groups in total. The molecule has 1 rings (SSSR count). The van der Waals surface area contributed by atoms with Gasteiger partial charge in [0.1, 0.15) is 12.6 Å². The first kappa shape index (κ1) is 14.3. The molecule has 0 atom stereocenters. The van der Waals surface area contributed by atoms with Crippen LogP contribution in [0.15, 0.2) is 18.2 Å². The molecule has 0 saturated heterocycles. The first-order valence-electron chi connectivity index (χ1n) is 5.46. The number of hydrogen-bond donors (Lipinski definition) is 1. The Labute approximate surface area is 104 Å². The molecule has 0 saturated carbocycles. The monoisotopic (exact) mass is 257 g/mol. The zero-order valence-corrected chi connectivity index (χ0v) is 9.96. The average molecular weight is 257 g/mol. The van der Waals surface area contributed by atoms with Gasteiger partial charge in [-0.3, -0.25) is 0 Å². The minimum atomic E-state index is -4.30. The van der Waals surface area contributed by atoms with Gasteiger partial charge in [0.15, 0.2) is 0 Å². The van der Waals surface area contributed by atoms with Crippen LogP contribution in [0.4, 0.5) is 18.9 Å². The molecule has 0 aliphatic rings. The summed E-state index contributed by atoms with van der Waals surface area (Å²) in [6.07, 6.45) is -4.30. The Kier molecular flexibility index (Phi) is 4.56. The fourth-order valence-corrected chi connectivity index (χ4v) is 1.66. The number of nitrogens with zero attached hydrogens (tertiary/aromatic N) is 2. The van der Waals surface area contributed by atoms with Crippen molar-refractivity contribution in [2.45, 2.75) is 19.6 Å². The zero-order chi connectivity index (χ0) is 13.8. The first-order chi connectivity index (χ1) is 8.41. The molecule has 0 fully saturated rings. The normalized spacial score (nSPS) is 11.1. The van der Waals surface area contributed by atoms with Crippen LogP contribution in [0.3, 0.4) is 0 Å². The van der Waals surface area contributed by atoms with E-state index >= 15 is 0 Å². The van der Waals surface area contributed by atoms with Gasteiger partial charge in [-0.25, -0.2) is 0 Å². The number of anilines is 1. The largest absolute Gasteiger partial charge is 0.405 e. The maximum Gasteiger partial charge on any atom is 0.405 e. The van der Waals surface area contributed by atoms with Gasteiger partial charge in [0, 0.05) is 13.1 Å². The van der Waals surface area contributed by atoms with E-state index in [1.54, 1.807) is 13.0 Å². The third-order valence-corrected chi connectivity index (χ3v) is 2.51. The third-order valence-electron chi connectivity index (χ3n) is 2.51. The molecule has 18 heavy (non-hydrogen) atoms. The molecule has 0 aliphatic carbocycles. The molecule has 0 bridgehead atoms. The van der Waals surface area contributed by atoms with E-state index in [-0.39, 0.29) is 24.3 Å². The van der Waals surface area contributed by atoms with Gasteiger partial charge >= 0.3 is 6.18 Å². The van der Waals surface area contributed by atoms with Gasteiger partial charge < -0.3 is 10.6 Å². The highest BCUT2D eigenvalue weighted by Gasteiger charge is 2.31. The number of alkyl halides is 3. The molecule has 0 aromatic heterocycles. The van der Waals surface area contributed by atoms with Gasteiger partial charge in [-0.1, -0.05) is 6.07 Å². The number of nitrogens with two attached hydrogens (primary N) is 1. The molecule has 0 unspecified atom stereocenters. The number of hydrogen-bond acceptors (Lipinski definition) is 3. The lowest BCUT2D eigenvalue weighted by atomic mass is 10.1. The van der Waals surface area contributed by atoms with Crippen LogP contribution in [0.1, 0.15) is 18.1 Å². The van der Waals surface area contributed by atoms with E-state index in [4.69, 9.17) is 11.0 Å². The van der Waals surface area contributed by atoms with E-state index in [1.807, 2.05) is 6.07 Å². The van der Waals surface area contributed by atoms with Crippen molar-refractivity contribution in [2.75, 3.05) is 18.0 Å². The van der Waals surface area contributed by atoms with Gasteiger partial charge in [0.05, 0.1) is 11.3 Å². The first-order valence-corrected chi connectivity index (χ1v) is 5.46. The molecule has 0 aliphatic heterocycles. The van der Waals surface area contributed by atoms with E-state index in [0.29, 0.717) is 0 Å². The number of benzene rings is 1. The average Bonchev–Trinajstić information content (AvgIpc) is 2.34. The Bertz CT molecular complexity index is 449. The molecular formula is C12H14F3N3. The van der Waals surface area contributed by atoms with Crippen molar-refractivity contribution in [3.05, 3.63) is 29.3 Å². The summed E-state index contributed by atoms with van der Waals surface area (Å²) in [7, 11) is 0. The van der Waals surface area contributed by atoms with Gasteiger partial charge in [-0.05, 0) is 24.6 Å². The summed E-state index contributed by atoms with van der Waals surface area (Å²) in [6, 6.07) is 6.57. The highest BCUT2D eigenvalue weighted by Crippen LogP contribution is 2.25. The molecule has 0 amide bonds. The highest BCUT2D eigenvalue weighted by molar-refractivity contribution is 5.60. The van der Waals surface area contributed by atoms with Crippen molar-refractivity contribution >= 4 is 5.69 Å². The molecule has 0 spiro atoms. The molecule has 1 aromatic rings. The summed E-state index contributed by atoms with van der Waals surface area (Å²) in [5.41, 5.74) is 6.65. The predicted molar refractivity (Wildman–Crippen MR) is 63.0 cm³/mol. The molecular weight excluding hydrogens is 243 g/mol. The van der Waals surface area contributed by atoms with Gasteiger partial charge in [0.25, 0.3) is 0 Å². The fourth-order valence-electron chi connectivity index (χ4n) is 1.66. The Morgan fingerprint density at radius 1 is 1.39 bits per heavy atom. The topological polar surface area (TPSA) is 53.0 Å². The second-order valence-corrected chi connectivity index (χ2v) is 3.80. The van der Waals surface area contributed by atoms with E-state index in [1.165, 1.54) is 12.1 Å². The van der Waals surface area contributed by atoms with Crippen LogP contribution >= 0.6 is 0 Å². The van der Waals surface area contributed by atoms with Gasteiger partial charge in [0.2, 0.25) is 0 Å². The van der Waals surface area contributed by atoms with Crippen LogP contribution in [-0.4, -0.2) is 19.3 Å². The SMILES string of the molecule is CCN(CC(F)(F)F)c1ccc(CN)cc1C#N. The van der Waals surface area contributed by atoms with Gasteiger partial charge in [-0.2, -0.15) is 18.4 Å². The Balaban J connectivity index is 3.10. The van der Waals surface area contributed by atoms with Crippen molar-refractivity contribution < 1.29 is 13.2 Å².